The van der Waals surface area contributed by atoms with Gasteiger partial charge in [0.2, 0.25) is 0 Å². The second-order valence-electron chi connectivity index (χ2n) is 6.97. The van der Waals surface area contributed by atoms with Crippen molar-refractivity contribution in [2.75, 3.05) is 19.6 Å². The van der Waals surface area contributed by atoms with Gasteiger partial charge in [-0.25, -0.2) is 0 Å². The third-order valence-corrected chi connectivity index (χ3v) is 4.30. The van der Waals surface area contributed by atoms with Gasteiger partial charge in [-0.05, 0) is 57.9 Å². The lowest BCUT2D eigenvalue weighted by Crippen LogP contribution is -2.31. The van der Waals surface area contributed by atoms with Crippen LogP contribution in [-0.4, -0.2) is 29.6 Å². The van der Waals surface area contributed by atoms with Gasteiger partial charge in [0, 0.05) is 32.0 Å². The molecule has 0 fully saturated rings. The largest absolute Gasteiger partial charge is 0.312 e. The number of pyridine rings is 2. The summed E-state index contributed by atoms with van der Waals surface area (Å²) in [4.78, 5) is 8.99. The summed E-state index contributed by atoms with van der Waals surface area (Å²) >= 11 is 0. The zero-order chi connectivity index (χ0) is 19.3. The highest BCUT2D eigenvalue weighted by Gasteiger charge is 2.15. The molecule has 0 saturated carbocycles. The first-order valence-corrected chi connectivity index (χ1v) is 9.72. The molecule has 2 aromatic heterocycles. The molecule has 27 heavy (non-hydrogen) atoms. The van der Waals surface area contributed by atoms with Gasteiger partial charge in [0.25, 0.3) is 0 Å². The van der Waals surface area contributed by atoms with Crippen LogP contribution in [0.2, 0.25) is 0 Å². The van der Waals surface area contributed by atoms with E-state index in [-0.39, 0.29) is 6.04 Å². The molecule has 0 amide bonds. The zero-order valence-electron chi connectivity index (χ0n) is 16.8. The van der Waals surface area contributed by atoms with E-state index in [1.54, 1.807) is 0 Å². The summed E-state index contributed by atoms with van der Waals surface area (Å²) in [6.45, 7) is 9.15. The average molecular weight is 365 g/mol. The van der Waals surface area contributed by atoms with E-state index < -0.39 is 0 Å². The van der Waals surface area contributed by atoms with E-state index in [2.05, 4.69) is 53.5 Å². The van der Waals surface area contributed by atoms with E-state index in [1.165, 1.54) is 11.1 Å². The Morgan fingerprint density at radius 1 is 0.926 bits per heavy atom. The van der Waals surface area contributed by atoms with E-state index in [0.717, 1.165) is 43.9 Å². The molecule has 0 aromatic carbocycles. The number of allylic oxidation sites excluding steroid dienone is 3. The minimum Gasteiger partial charge on any atom is -0.312 e. The van der Waals surface area contributed by atoms with Gasteiger partial charge < -0.3 is 10.6 Å². The number of nitrogens with zero attached hydrogens (tertiary/aromatic N) is 2. The fourth-order valence-electron chi connectivity index (χ4n) is 2.80. The van der Waals surface area contributed by atoms with Crippen LogP contribution in [0.1, 0.15) is 51.0 Å². The van der Waals surface area contributed by atoms with Crippen LogP contribution in [-0.2, 0) is 0 Å². The number of hydrogen-bond acceptors (Lipinski definition) is 4. The van der Waals surface area contributed by atoms with Crippen molar-refractivity contribution in [3.05, 3.63) is 83.5 Å². The van der Waals surface area contributed by atoms with Crippen molar-refractivity contribution < 1.29 is 0 Å². The molecule has 2 heterocycles. The first-order chi connectivity index (χ1) is 13.2. The van der Waals surface area contributed by atoms with Gasteiger partial charge in [0.05, 0.1) is 17.4 Å². The molecule has 2 rings (SSSR count). The number of nitrogens with one attached hydrogen (secondary N) is 2. The normalized spacial score (nSPS) is 11.6. The maximum absolute atomic E-state index is 4.50. The molecule has 0 spiro atoms. The summed E-state index contributed by atoms with van der Waals surface area (Å²) in [5.74, 6) is 0. The molecular weight excluding hydrogens is 332 g/mol. The molecule has 0 radical (unpaired) electrons. The molecular formula is C23H32N4. The summed E-state index contributed by atoms with van der Waals surface area (Å²) < 4.78 is 0. The second-order valence-corrected chi connectivity index (χ2v) is 6.97. The van der Waals surface area contributed by atoms with Crippen LogP contribution in [0.25, 0.3) is 0 Å². The maximum Gasteiger partial charge on any atom is 0.0925 e. The third-order valence-electron chi connectivity index (χ3n) is 4.30. The van der Waals surface area contributed by atoms with Crippen LogP contribution in [0.5, 0.6) is 0 Å². The number of hydrogen-bond donors (Lipinski definition) is 2. The van der Waals surface area contributed by atoms with Gasteiger partial charge >= 0.3 is 0 Å². The van der Waals surface area contributed by atoms with Crippen LogP contribution in [0.15, 0.2) is 72.1 Å². The zero-order valence-corrected chi connectivity index (χ0v) is 16.8. The van der Waals surface area contributed by atoms with Crippen LogP contribution in [0.3, 0.4) is 0 Å². The molecule has 4 heteroatoms. The SMILES string of the molecule is CC(C)=CCCC(C)=CCNCCNC(c1ccccn1)c1ccccn1. The molecule has 0 atom stereocenters. The van der Waals surface area contributed by atoms with E-state index in [0.29, 0.717) is 0 Å². The number of rotatable bonds is 11. The Morgan fingerprint density at radius 3 is 2.15 bits per heavy atom. The number of aromatic nitrogens is 2. The molecule has 0 unspecified atom stereocenters. The fourth-order valence-corrected chi connectivity index (χ4v) is 2.80. The Balaban J connectivity index is 1.77. The van der Waals surface area contributed by atoms with E-state index in [4.69, 9.17) is 0 Å². The van der Waals surface area contributed by atoms with Gasteiger partial charge in [-0.1, -0.05) is 35.4 Å². The van der Waals surface area contributed by atoms with E-state index >= 15 is 0 Å². The summed E-state index contributed by atoms with van der Waals surface area (Å²) in [7, 11) is 0. The molecule has 0 aliphatic rings. The van der Waals surface area contributed by atoms with Crippen molar-refractivity contribution in [3.8, 4) is 0 Å². The molecule has 0 aliphatic carbocycles. The first-order valence-electron chi connectivity index (χ1n) is 9.72. The minimum absolute atomic E-state index is 0.00977. The minimum atomic E-state index is 0.00977. The molecule has 4 nitrogen and oxygen atoms in total. The Bertz CT molecular complexity index is 664. The highest BCUT2D eigenvalue weighted by atomic mass is 15.0. The fraction of sp³-hybridized carbons (Fsp3) is 0.391. The predicted molar refractivity (Wildman–Crippen MR) is 114 cm³/mol. The Hall–Kier alpha value is -2.30. The first kappa shape index (κ1) is 21.0. The van der Waals surface area contributed by atoms with Crippen molar-refractivity contribution >= 4 is 0 Å². The van der Waals surface area contributed by atoms with Crippen LogP contribution in [0.4, 0.5) is 0 Å². The average Bonchev–Trinajstić information content (AvgIpc) is 2.68. The molecule has 0 saturated heterocycles. The summed E-state index contributed by atoms with van der Waals surface area (Å²) in [5, 5.41) is 7.05. The van der Waals surface area contributed by atoms with Gasteiger partial charge in [-0.15, -0.1) is 0 Å². The standard InChI is InChI=1S/C23H32N4/c1-19(2)9-8-10-20(3)13-16-24-17-18-27-23(21-11-4-6-14-25-21)22-12-5-7-15-26-22/h4-7,9,11-15,23-24,27H,8,10,16-18H2,1-3H3. The van der Waals surface area contributed by atoms with Gasteiger partial charge in [-0.2, -0.15) is 0 Å². The highest BCUT2D eigenvalue weighted by Crippen LogP contribution is 2.17. The molecule has 144 valence electrons. The molecule has 0 aliphatic heterocycles. The van der Waals surface area contributed by atoms with E-state index in [9.17, 15) is 0 Å². The summed E-state index contributed by atoms with van der Waals surface area (Å²) in [6.07, 6.45) is 10.5. The predicted octanol–water partition coefficient (Wildman–Crippen LogP) is 4.44. The van der Waals surface area contributed by atoms with Crippen molar-refractivity contribution in [3.63, 3.8) is 0 Å². The molecule has 2 aromatic rings. The van der Waals surface area contributed by atoms with Crippen molar-refractivity contribution in [2.45, 2.75) is 39.7 Å². The Labute approximate surface area is 163 Å². The smallest absolute Gasteiger partial charge is 0.0925 e. The van der Waals surface area contributed by atoms with Crippen molar-refractivity contribution in [1.29, 1.82) is 0 Å². The van der Waals surface area contributed by atoms with Crippen LogP contribution >= 0.6 is 0 Å². The topological polar surface area (TPSA) is 49.8 Å². The molecule has 0 bridgehead atoms. The Morgan fingerprint density at radius 2 is 1.59 bits per heavy atom. The Kier molecular flexibility index (Phi) is 9.45. The third kappa shape index (κ3) is 8.29. The van der Waals surface area contributed by atoms with E-state index in [1.807, 2.05) is 48.8 Å². The highest BCUT2D eigenvalue weighted by molar-refractivity contribution is 5.21. The maximum atomic E-state index is 4.50. The van der Waals surface area contributed by atoms with Crippen molar-refractivity contribution in [2.24, 2.45) is 0 Å². The van der Waals surface area contributed by atoms with Crippen molar-refractivity contribution in [1.82, 2.24) is 20.6 Å². The molecule has 2 N–H and O–H groups in total. The quantitative estimate of drug-likeness (QED) is 0.457. The summed E-state index contributed by atoms with van der Waals surface area (Å²) in [6, 6.07) is 12.0. The van der Waals surface area contributed by atoms with Crippen LogP contribution < -0.4 is 10.6 Å². The summed E-state index contributed by atoms with van der Waals surface area (Å²) in [5.41, 5.74) is 4.81. The lowest BCUT2D eigenvalue weighted by molar-refractivity contribution is 0.559. The van der Waals surface area contributed by atoms with Gasteiger partial charge in [0.15, 0.2) is 0 Å². The lowest BCUT2D eigenvalue weighted by Gasteiger charge is -2.18. The lowest BCUT2D eigenvalue weighted by atomic mass is 10.1. The van der Waals surface area contributed by atoms with Crippen LogP contribution in [0, 0.1) is 0 Å². The van der Waals surface area contributed by atoms with Gasteiger partial charge in [-0.3, -0.25) is 9.97 Å². The van der Waals surface area contributed by atoms with Gasteiger partial charge in [0.1, 0.15) is 0 Å². The monoisotopic (exact) mass is 364 g/mol. The second kappa shape index (κ2) is 12.2.